The Bertz CT molecular complexity index is 421. The first-order valence-electron chi connectivity index (χ1n) is 6.64. The fourth-order valence-corrected chi connectivity index (χ4v) is 3.77. The molecule has 3 heteroatoms. The highest BCUT2D eigenvalue weighted by Crippen LogP contribution is 2.33. The monoisotopic (exact) mass is 329 g/mol. The molecule has 0 bridgehead atoms. The second-order valence-electron chi connectivity index (χ2n) is 5.62. The van der Waals surface area contributed by atoms with Crippen LogP contribution in [0.4, 0.5) is 5.69 Å². The van der Waals surface area contributed by atoms with Crippen molar-refractivity contribution in [2.24, 2.45) is 11.8 Å². The minimum absolute atomic E-state index is 0.590. The zero-order valence-corrected chi connectivity index (χ0v) is 13.6. The normalized spacial score (nSPS) is 28.5. The predicted molar refractivity (Wildman–Crippen MR) is 83.8 cm³/mol. The van der Waals surface area contributed by atoms with Crippen LogP contribution in [0.15, 0.2) is 18.2 Å². The maximum absolute atomic E-state index is 6.31. The summed E-state index contributed by atoms with van der Waals surface area (Å²) in [6.07, 6.45) is 1.32. The molecule has 0 spiro atoms. The van der Waals surface area contributed by atoms with Gasteiger partial charge in [0.15, 0.2) is 0 Å². The van der Waals surface area contributed by atoms with Crippen molar-refractivity contribution < 1.29 is 0 Å². The van der Waals surface area contributed by atoms with Crippen molar-refractivity contribution in [3.05, 3.63) is 28.8 Å². The van der Waals surface area contributed by atoms with E-state index in [1.165, 1.54) is 12.1 Å². The summed E-state index contributed by atoms with van der Waals surface area (Å²) in [5.41, 5.74) is 2.42. The Kier molecular flexibility index (Phi) is 4.60. The number of nitrogens with zero attached hydrogens (tertiary/aromatic N) is 1. The lowest BCUT2D eigenvalue weighted by molar-refractivity contribution is 0.297. The Morgan fingerprint density at radius 3 is 2.67 bits per heavy atom. The molecule has 3 atom stereocenters. The maximum atomic E-state index is 6.31. The molecule has 0 saturated carbocycles. The number of rotatable bonds is 2. The molecule has 0 radical (unpaired) electrons. The third-order valence-electron chi connectivity index (χ3n) is 4.11. The summed E-state index contributed by atoms with van der Waals surface area (Å²) in [4.78, 5) is 2.50. The summed E-state index contributed by atoms with van der Waals surface area (Å²) in [6, 6.07) is 7.03. The summed E-state index contributed by atoms with van der Waals surface area (Å²) in [5, 5.41) is 1.68. The van der Waals surface area contributed by atoms with E-state index in [0.29, 0.717) is 6.04 Å². The lowest BCUT2D eigenvalue weighted by atomic mass is 9.85. The molecule has 1 aromatic rings. The molecule has 1 saturated heterocycles. The van der Waals surface area contributed by atoms with Gasteiger partial charge in [-0.25, -0.2) is 0 Å². The van der Waals surface area contributed by atoms with Crippen LogP contribution in [0.5, 0.6) is 0 Å². The Morgan fingerprint density at radius 2 is 2.06 bits per heavy atom. The molecule has 1 aliphatic rings. The van der Waals surface area contributed by atoms with E-state index in [2.05, 4.69) is 59.8 Å². The second kappa shape index (κ2) is 5.83. The Hall–Kier alpha value is -0.210. The molecule has 0 aromatic heterocycles. The van der Waals surface area contributed by atoms with E-state index >= 15 is 0 Å². The molecule has 0 aliphatic carbocycles. The van der Waals surface area contributed by atoms with Gasteiger partial charge in [0.2, 0.25) is 0 Å². The van der Waals surface area contributed by atoms with Crippen molar-refractivity contribution in [2.75, 3.05) is 11.4 Å². The van der Waals surface area contributed by atoms with Gasteiger partial charge < -0.3 is 4.90 Å². The smallest absolute Gasteiger partial charge is 0.0467 e. The van der Waals surface area contributed by atoms with Crippen LogP contribution in [-0.2, 0) is 5.33 Å². The van der Waals surface area contributed by atoms with Crippen LogP contribution in [-0.4, -0.2) is 12.6 Å². The third kappa shape index (κ3) is 2.85. The van der Waals surface area contributed by atoms with E-state index in [0.717, 1.165) is 34.3 Å². The van der Waals surface area contributed by atoms with E-state index in [9.17, 15) is 0 Å². The topological polar surface area (TPSA) is 3.24 Å². The van der Waals surface area contributed by atoms with Crippen LogP contribution in [0.25, 0.3) is 0 Å². The molecule has 0 amide bonds. The highest BCUT2D eigenvalue weighted by Gasteiger charge is 2.28. The van der Waals surface area contributed by atoms with Gasteiger partial charge in [-0.05, 0) is 42.9 Å². The van der Waals surface area contributed by atoms with Crippen molar-refractivity contribution in [3.8, 4) is 0 Å². The highest BCUT2D eigenvalue weighted by molar-refractivity contribution is 9.08. The van der Waals surface area contributed by atoms with E-state index in [1.54, 1.807) is 0 Å². The minimum atomic E-state index is 0.590. The van der Waals surface area contributed by atoms with Gasteiger partial charge in [-0.2, -0.15) is 0 Å². The fraction of sp³-hybridized carbons (Fsp3) is 0.600. The lowest BCUT2D eigenvalue weighted by Crippen LogP contribution is -2.45. The van der Waals surface area contributed by atoms with Gasteiger partial charge in [-0.1, -0.05) is 47.4 Å². The molecular weight excluding hydrogens is 310 g/mol. The molecular formula is C15H21BrClN. The van der Waals surface area contributed by atoms with Crippen molar-refractivity contribution in [3.63, 3.8) is 0 Å². The Balaban J connectivity index is 2.27. The number of anilines is 1. The SMILES string of the molecule is CC1CC(C)C(C)N(c2ccc(CBr)c(Cl)c2)C1. The van der Waals surface area contributed by atoms with Crippen LogP contribution >= 0.6 is 27.5 Å². The number of halogens is 2. The van der Waals surface area contributed by atoms with E-state index in [-0.39, 0.29) is 0 Å². The molecule has 1 aliphatic heterocycles. The quantitative estimate of drug-likeness (QED) is 0.681. The highest BCUT2D eigenvalue weighted by atomic mass is 79.9. The lowest BCUT2D eigenvalue weighted by Gasteiger charge is -2.42. The number of piperidine rings is 1. The van der Waals surface area contributed by atoms with E-state index in [4.69, 9.17) is 11.6 Å². The van der Waals surface area contributed by atoms with Crippen LogP contribution in [0, 0.1) is 11.8 Å². The molecule has 1 fully saturated rings. The molecule has 100 valence electrons. The number of hydrogen-bond acceptors (Lipinski definition) is 1. The minimum Gasteiger partial charge on any atom is -0.368 e. The largest absolute Gasteiger partial charge is 0.368 e. The van der Waals surface area contributed by atoms with Gasteiger partial charge in [0.05, 0.1) is 0 Å². The molecule has 0 N–H and O–H groups in total. The summed E-state index contributed by atoms with van der Waals surface area (Å²) >= 11 is 9.77. The summed E-state index contributed by atoms with van der Waals surface area (Å²) in [5.74, 6) is 1.49. The zero-order chi connectivity index (χ0) is 13.3. The van der Waals surface area contributed by atoms with E-state index < -0.39 is 0 Å². The van der Waals surface area contributed by atoms with Gasteiger partial charge in [0, 0.05) is 28.6 Å². The standard InChI is InChI=1S/C15H21BrClN/c1-10-6-11(2)12(3)18(9-10)14-5-4-13(8-16)15(17)7-14/h4-5,7,10-12H,6,8-9H2,1-3H3. The Morgan fingerprint density at radius 1 is 1.33 bits per heavy atom. The van der Waals surface area contributed by atoms with Gasteiger partial charge in [0.1, 0.15) is 0 Å². The van der Waals surface area contributed by atoms with Crippen LogP contribution in [0.2, 0.25) is 5.02 Å². The van der Waals surface area contributed by atoms with Crippen LogP contribution in [0.1, 0.15) is 32.8 Å². The average Bonchev–Trinajstić information content (AvgIpc) is 2.33. The molecule has 1 nitrogen and oxygen atoms in total. The second-order valence-corrected chi connectivity index (χ2v) is 6.59. The molecule has 2 rings (SSSR count). The average molecular weight is 331 g/mol. The molecule has 1 aromatic carbocycles. The first-order valence-corrected chi connectivity index (χ1v) is 8.14. The van der Waals surface area contributed by atoms with Crippen molar-refractivity contribution in [1.29, 1.82) is 0 Å². The van der Waals surface area contributed by atoms with E-state index in [1.807, 2.05) is 0 Å². The zero-order valence-electron chi connectivity index (χ0n) is 11.3. The predicted octanol–water partition coefficient (Wildman–Crippen LogP) is 5.11. The summed E-state index contributed by atoms with van der Waals surface area (Å²) < 4.78 is 0. The van der Waals surface area contributed by atoms with Gasteiger partial charge in [0.25, 0.3) is 0 Å². The summed E-state index contributed by atoms with van der Waals surface area (Å²) in [6.45, 7) is 8.14. The molecule has 1 heterocycles. The fourth-order valence-electron chi connectivity index (χ4n) is 2.88. The van der Waals surface area contributed by atoms with Crippen LogP contribution in [0.3, 0.4) is 0 Å². The number of hydrogen-bond donors (Lipinski definition) is 0. The Labute approximate surface area is 124 Å². The van der Waals surface area contributed by atoms with Crippen molar-refractivity contribution in [2.45, 2.75) is 38.6 Å². The number of benzene rings is 1. The van der Waals surface area contributed by atoms with Crippen molar-refractivity contribution >= 4 is 33.2 Å². The molecule has 3 unspecified atom stereocenters. The van der Waals surface area contributed by atoms with Gasteiger partial charge in [-0.3, -0.25) is 0 Å². The van der Waals surface area contributed by atoms with Crippen LogP contribution < -0.4 is 4.90 Å². The maximum Gasteiger partial charge on any atom is 0.0467 e. The molecule has 18 heavy (non-hydrogen) atoms. The third-order valence-corrected chi connectivity index (χ3v) is 5.07. The first-order chi connectivity index (χ1) is 8.52. The number of alkyl halides is 1. The van der Waals surface area contributed by atoms with Gasteiger partial charge >= 0.3 is 0 Å². The summed E-state index contributed by atoms with van der Waals surface area (Å²) in [7, 11) is 0. The first kappa shape index (κ1) is 14.2. The van der Waals surface area contributed by atoms with Crippen molar-refractivity contribution in [1.82, 2.24) is 0 Å². The van der Waals surface area contributed by atoms with Gasteiger partial charge in [-0.15, -0.1) is 0 Å².